The van der Waals surface area contributed by atoms with E-state index in [1.54, 1.807) is 0 Å². The lowest BCUT2D eigenvalue weighted by molar-refractivity contribution is -0.127. The van der Waals surface area contributed by atoms with Gasteiger partial charge in [-0.15, -0.1) is 35.3 Å². The summed E-state index contributed by atoms with van der Waals surface area (Å²) in [7, 11) is 0. The smallest absolute Gasteiger partial charge is 0.293 e. The Labute approximate surface area is 114 Å². The SMILES string of the molecule is CCSCN(CSCOC=O)CSCOC=O. The van der Waals surface area contributed by atoms with Crippen molar-refractivity contribution in [2.45, 2.75) is 6.92 Å². The zero-order valence-electron chi connectivity index (χ0n) is 9.70. The van der Waals surface area contributed by atoms with E-state index < -0.39 is 0 Å². The molecular formula is C9H17NO4S3. The second-order valence-corrected chi connectivity index (χ2v) is 5.77. The molecule has 5 nitrogen and oxygen atoms in total. The Hall–Kier alpha value is -0.0500. The van der Waals surface area contributed by atoms with Gasteiger partial charge in [0.2, 0.25) is 0 Å². The first kappa shape index (κ1) is 16.9. The normalized spacial score (nSPS) is 10.2. The van der Waals surface area contributed by atoms with Gasteiger partial charge in [-0.3, -0.25) is 14.5 Å². The van der Waals surface area contributed by atoms with Crippen LogP contribution >= 0.6 is 35.3 Å². The summed E-state index contributed by atoms with van der Waals surface area (Å²) < 4.78 is 9.21. The molecule has 0 saturated heterocycles. The van der Waals surface area contributed by atoms with Crippen LogP contribution in [-0.2, 0) is 19.1 Å². The van der Waals surface area contributed by atoms with Crippen molar-refractivity contribution in [2.24, 2.45) is 0 Å². The van der Waals surface area contributed by atoms with Gasteiger partial charge in [0.25, 0.3) is 12.9 Å². The second-order valence-electron chi connectivity index (χ2n) is 2.72. The molecule has 0 rings (SSSR count). The predicted molar refractivity (Wildman–Crippen MR) is 73.8 cm³/mol. The molecule has 0 unspecified atom stereocenters. The quantitative estimate of drug-likeness (QED) is 0.289. The van der Waals surface area contributed by atoms with Crippen molar-refractivity contribution in [1.82, 2.24) is 4.90 Å². The van der Waals surface area contributed by atoms with E-state index in [1.165, 1.54) is 23.5 Å². The minimum absolute atomic E-state index is 0.367. The standard InChI is InChI=1S/C9H17NO4S3/c1-2-15-3-10(4-16-8-13-6-11)5-17-9-14-7-12/h6-7H,2-5,8-9H2,1H3. The van der Waals surface area contributed by atoms with Crippen LogP contribution in [0.25, 0.3) is 0 Å². The third-order valence-electron chi connectivity index (χ3n) is 1.46. The zero-order valence-corrected chi connectivity index (χ0v) is 12.2. The molecule has 0 saturated carbocycles. The molecule has 0 aromatic rings. The van der Waals surface area contributed by atoms with Gasteiger partial charge < -0.3 is 9.47 Å². The second kappa shape index (κ2) is 14.0. The number of hydrogen-bond acceptors (Lipinski definition) is 8. The van der Waals surface area contributed by atoms with Crippen molar-refractivity contribution < 1.29 is 19.1 Å². The number of thioether (sulfide) groups is 3. The molecule has 0 heterocycles. The maximum Gasteiger partial charge on any atom is 0.293 e. The van der Waals surface area contributed by atoms with Crippen LogP contribution in [0.4, 0.5) is 0 Å². The van der Waals surface area contributed by atoms with Gasteiger partial charge in [-0.2, -0.15) is 0 Å². The molecule has 0 aliphatic heterocycles. The molecule has 0 aromatic heterocycles. The number of carbonyl (C=O) groups is 2. The molecule has 0 aromatic carbocycles. The van der Waals surface area contributed by atoms with Crippen molar-refractivity contribution in [2.75, 3.05) is 35.3 Å². The molecule has 0 aliphatic carbocycles. The van der Waals surface area contributed by atoms with Crippen molar-refractivity contribution in [1.29, 1.82) is 0 Å². The molecular weight excluding hydrogens is 282 g/mol. The first-order valence-electron chi connectivity index (χ1n) is 4.91. The van der Waals surface area contributed by atoms with Gasteiger partial charge >= 0.3 is 0 Å². The topological polar surface area (TPSA) is 55.8 Å². The summed E-state index contributed by atoms with van der Waals surface area (Å²) in [5.74, 6) is 4.28. The number of nitrogens with zero attached hydrogens (tertiary/aromatic N) is 1. The number of hydrogen-bond donors (Lipinski definition) is 0. The molecule has 100 valence electrons. The summed E-state index contributed by atoms with van der Waals surface area (Å²) >= 11 is 4.89. The molecule has 0 aliphatic rings. The van der Waals surface area contributed by atoms with Crippen LogP contribution in [0, 0.1) is 0 Å². The van der Waals surface area contributed by atoms with Gasteiger partial charge in [0.1, 0.15) is 11.9 Å². The molecule has 17 heavy (non-hydrogen) atoms. The summed E-state index contributed by atoms with van der Waals surface area (Å²) in [4.78, 5) is 22.1. The minimum atomic E-state index is 0.367. The van der Waals surface area contributed by atoms with Crippen LogP contribution in [0.2, 0.25) is 0 Å². The van der Waals surface area contributed by atoms with Gasteiger partial charge in [-0.1, -0.05) is 6.92 Å². The van der Waals surface area contributed by atoms with Gasteiger partial charge in [-0.05, 0) is 5.75 Å². The fourth-order valence-corrected chi connectivity index (χ4v) is 3.12. The average molecular weight is 299 g/mol. The lowest BCUT2D eigenvalue weighted by Crippen LogP contribution is -2.23. The first-order valence-corrected chi connectivity index (χ1v) is 8.37. The number of rotatable bonds is 13. The lowest BCUT2D eigenvalue weighted by Gasteiger charge is -2.20. The van der Waals surface area contributed by atoms with Crippen LogP contribution in [-0.4, -0.2) is 53.1 Å². The largest absolute Gasteiger partial charge is 0.457 e. The van der Waals surface area contributed by atoms with Gasteiger partial charge in [-0.25, -0.2) is 0 Å². The lowest BCUT2D eigenvalue weighted by atomic mass is 11.0. The van der Waals surface area contributed by atoms with Gasteiger partial charge in [0, 0.05) is 17.6 Å². The van der Waals surface area contributed by atoms with Crippen molar-refractivity contribution >= 4 is 48.2 Å². The molecule has 0 radical (unpaired) electrons. The molecule has 0 amide bonds. The molecule has 0 bridgehead atoms. The van der Waals surface area contributed by atoms with E-state index in [0.717, 1.165) is 23.4 Å². The van der Waals surface area contributed by atoms with Crippen LogP contribution in [0.5, 0.6) is 0 Å². The predicted octanol–water partition coefficient (Wildman–Crippen LogP) is 1.64. The maximum absolute atomic E-state index is 9.96. The van der Waals surface area contributed by atoms with Gasteiger partial charge in [0.15, 0.2) is 0 Å². The van der Waals surface area contributed by atoms with E-state index >= 15 is 0 Å². The number of ether oxygens (including phenoxy) is 2. The highest BCUT2D eigenvalue weighted by Crippen LogP contribution is 2.13. The molecule has 8 heteroatoms. The van der Waals surface area contributed by atoms with E-state index in [9.17, 15) is 9.59 Å². The summed E-state index contributed by atoms with van der Waals surface area (Å²) in [6.07, 6.45) is 0. The molecule has 0 N–H and O–H groups in total. The van der Waals surface area contributed by atoms with Crippen molar-refractivity contribution in [3.63, 3.8) is 0 Å². The fourth-order valence-electron chi connectivity index (χ4n) is 0.817. The summed E-state index contributed by atoms with van der Waals surface area (Å²) in [5, 5.41) is 0. The highest BCUT2D eigenvalue weighted by Gasteiger charge is 2.05. The molecule has 0 fully saturated rings. The maximum atomic E-state index is 9.96. The highest BCUT2D eigenvalue weighted by molar-refractivity contribution is 8.00. The zero-order chi connectivity index (χ0) is 12.8. The van der Waals surface area contributed by atoms with E-state index in [0.29, 0.717) is 24.8 Å². The Morgan fingerprint density at radius 3 is 1.82 bits per heavy atom. The average Bonchev–Trinajstić information content (AvgIpc) is 2.35. The van der Waals surface area contributed by atoms with Crippen molar-refractivity contribution in [3.8, 4) is 0 Å². The van der Waals surface area contributed by atoms with E-state index in [1.807, 2.05) is 11.8 Å². The summed E-state index contributed by atoms with van der Waals surface area (Å²) in [6, 6.07) is 0. The Morgan fingerprint density at radius 1 is 0.941 bits per heavy atom. The van der Waals surface area contributed by atoms with Crippen LogP contribution < -0.4 is 0 Å². The van der Waals surface area contributed by atoms with E-state index in [-0.39, 0.29) is 0 Å². The Morgan fingerprint density at radius 2 is 1.41 bits per heavy atom. The van der Waals surface area contributed by atoms with E-state index in [2.05, 4.69) is 21.3 Å². The van der Waals surface area contributed by atoms with Crippen LogP contribution in [0.3, 0.4) is 0 Å². The molecule has 0 spiro atoms. The van der Waals surface area contributed by atoms with E-state index in [4.69, 9.17) is 0 Å². The minimum Gasteiger partial charge on any atom is -0.457 e. The van der Waals surface area contributed by atoms with Gasteiger partial charge in [0.05, 0.1) is 0 Å². The van der Waals surface area contributed by atoms with Crippen molar-refractivity contribution in [3.05, 3.63) is 0 Å². The third kappa shape index (κ3) is 12.2. The fraction of sp³-hybridized carbons (Fsp3) is 0.778. The van der Waals surface area contributed by atoms with Crippen LogP contribution in [0.15, 0.2) is 0 Å². The Bertz CT molecular complexity index is 181. The third-order valence-corrected chi connectivity index (χ3v) is 4.12. The summed E-state index contributed by atoms with van der Waals surface area (Å²) in [5.41, 5.74) is 0. The van der Waals surface area contributed by atoms with Crippen LogP contribution in [0.1, 0.15) is 6.92 Å². The first-order chi connectivity index (χ1) is 8.35. The molecule has 0 atom stereocenters. The Balaban J connectivity index is 3.62. The highest BCUT2D eigenvalue weighted by atomic mass is 32.2. The number of carbonyl (C=O) groups excluding carboxylic acids is 2. The Kier molecular flexibility index (Phi) is 14.0. The monoisotopic (exact) mass is 299 g/mol. The summed E-state index contributed by atoms with van der Waals surface area (Å²) in [6.45, 7) is 3.00.